The summed E-state index contributed by atoms with van der Waals surface area (Å²) >= 11 is 0. The number of aromatic carboxylic acids is 1. The first-order chi connectivity index (χ1) is 15.6. The van der Waals surface area contributed by atoms with Crippen LogP contribution in [0.25, 0.3) is 0 Å². The first-order valence-electron chi connectivity index (χ1n) is 9.99. The summed E-state index contributed by atoms with van der Waals surface area (Å²) in [6.45, 7) is 0.480. The number of amides is 1. The maximum Gasteiger partial charge on any atom is 0.341 e. The van der Waals surface area contributed by atoms with Crippen LogP contribution in [0.5, 0.6) is 11.8 Å². The molecule has 2 saturated heterocycles. The number of carboxylic acids is 1. The van der Waals surface area contributed by atoms with Crippen LogP contribution in [0.15, 0.2) is 54.6 Å². The fourth-order valence-electron chi connectivity index (χ4n) is 3.98. The first kappa shape index (κ1) is 20.1. The number of hydrogen-bond acceptors (Lipinski definition) is 8. The second-order valence-electron chi connectivity index (χ2n) is 7.42. The molecular formula is C21H19N5O6. The maximum atomic E-state index is 12.7. The van der Waals surface area contributed by atoms with Gasteiger partial charge in [0.2, 0.25) is 0 Å². The first-order valence-corrected chi connectivity index (χ1v) is 9.99. The Balaban J connectivity index is 1.29. The monoisotopic (exact) mass is 437 g/mol. The van der Waals surface area contributed by atoms with E-state index in [2.05, 4.69) is 20.8 Å². The van der Waals surface area contributed by atoms with Crippen LogP contribution in [0.3, 0.4) is 0 Å². The van der Waals surface area contributed by atoms with Crippen LogP contribution in [-0.4, -0.2) is 68.7 Å². The normalized spacial score (nSPS) is 24.1. The molecular weight excluding hydrogens is 418 g/mol. The fourth-order valence-corrected chi connectivity index (χ4v) is 3.98. The van der Waals surface area contributed by atoms with Gasteiger partial charge < -0.3 is 24.6 Å². The molecule has 1 amide bonds. The van der Waals surface area contributed by atoms with Crippen LogP contribution in [-0.2, 0) is 9.47 Å². The van der Waals surface area contributed by atoms with Crippen molar-refractivity contribution in [2.45, 2.75) is 24.3 Å². The van der Waals surface area contributed by atoms with Gasteiger partial charge in [0.05, 0.1) is 30.4 Å². The van der Waals surface area contributed by atoms with Gasteiger partial charge in [-0.05, 0) is 34.7 Å². The van der Waals surface area contributed by atoms with Crippen LogP contribution >= 0.6 is 0 Å². The number of para-hydroxylation sites is 1. The molecule has 2 aliphatic heterocycles. The van der Waals surface area contributed by atoms with Crippen LogP contribution in [0.2, 0.25) is 0 Å². The third-order valence-corrected chi connectivity index (χ3v) is 5.47. The zero-order valence-corrected chi connectivity index (χ0v) is 16.7. The van der Waals surface area contributed by atoms with E-state index in [1.54, 1.807) is 24.3 Å². The zero-order chi connectivity index (χ0) is 22.1. The van der Waals surface area contributed by atoms with E-state index in [1.807, 2.05) is 18.2 Å². The molecule has 2 aliphatic rings. The quantitative estimate of drug-likeness (QED) is 0.584. The van der Waals surface area contributed by atoms with Crippen molar-refractivity contribution in [2.24, 2.45) is 0 Å². The molecule has 0 bridgehead atoms. The van der Waals surface area contributed by atoms with Crippen molar-refractivity contribution in [3.63, 3.8) is 0 Å². The number of nitrogens with one attached hydrogen (secondary N) is 1. The van der Waals surface area contributed by atoms with E-state index >= 15 is 0 Å². The van der Waals surface area contributed by atoms with Gasteiger partial charge in [-0.15, -0.1) is 0 Å². The number of carboxylic acid groups (broad SMARTS) is 1. The summed E-state index contributed by atoms with van der Waals surface area (Å²) in [6.07, 6.45) is -0.841. The Hall–Kier alpha value is -3.83. The fraction of sp³-hybridized carbons (Fsp3) is 0.286. The van der Waals surface area contributed by atoms with Gasteiger partial charge in [-0.25, -0.2) is 4.79 Å². The average Bonchev–Trinajstić information content (AvgIpc) is 3.52. The highest BCUT2D eigenvalue weighted by Crippen LogP contribution is 2.36. The highest BCUT2D eigenvalue weighted by molar-refractivity contribution is 6.04. The predicted octanol–water partition coefficient (Wildman–Crippen LogP) is 1.30. The minimum Gasteiger partial charge on any atom is -0.478 e. The highest BCUT2D eigenvalue weighted by Gasteiger charge is 2.50. The third kappa shape index (κ3) is 3.67. The van der Waals surface area contributed by atoms with E-state index in [1.165, 1.54) is 16.8 Å². The van der Waals surface area contributed by atoms with Gasteiger partial charge in [-0.1, -0.05) is 35.4 Å². The molecule has 3 aromatic rings. The number of carbonyl (C=O) groups excluding carboxylic acids is 1. The summed E-state index contributed by atoms with van der Waals surface area (Å²) in [5.74, 6) is -1.08. The van der Waals surface area contributed by atoms with E-state index in [-0.39, 0.29) is 36.4 Å². The Bertz CT molecular complexity index is 1140. The predicted molar refractivity (Wildman–Crippen MR) is 108 cm³/mol. The van der Waals surface area contributed by atoms with Crippen molar-refractivity contribution in [3.05, 3.63) is 65.7 Å². The Morgan fingerprint density at radius 3 is 2.50 bits per heavy atom. The molecule has 11 nitrogen and oxygen atoms in total. The topological polar surface area (TPSA) is 138 Å². The van der Waals surface area contributed by atoms with Crippen molar-refractivity contribution in [3.8, 4) is 11.8 Å². The smallest absolute Gasteiger partial charge is 0.341 e. The summed E-state index contributed by atoms with van der Waals surface area (Å²) in [7, 11) is 0. The lowest BCUT2D eigenvalue weighted by molar-refractivity contribution is 0.0606. The van der Waals surface area contributed by atoms with Gasteiger partial charge in [0, 0.05) is 0 Å². The number of tetrazole rings is 1. The zero-order valence-electron chi connectivity index (χ0n) is 16.7. The van der Waals surface area contributed by atoms with E-state index in [9.17, 15) is 14.7 Å². The van der Waals surface area contributed by atoms with Crippen LogP contribution in [0.1, 0.15) is 26.8 Å². The van der Waals surface area contributed by atoms with Crippen molar-refractivity contribution in [1.82, 2.24) is 25.5 Å². The molecule has 0 unspecified atom stereocenters. The summed E-state index contributed by atoms with van der Waals surface area (Å²) in [5.41, 5.74) is 0.0131. The number of hydrogen-bond donors (Lipinski definition) is 2. The lowest BCUT2D eigenvalue weighted by Gasteiger charge is -2.18. The van der Waals surface area contributed by atoms with Crippen molar-refractivity contribution in [2.75, 3.05) is 13.2 Å². The molecule has 11 heteroatoms. The van der Waals surface area contributed by atoms with Gasteiger partial charge >= 0.3 is 12.0 Å². The Morgan fingerprint density at radius 2 is 1.72 bits per heavy atom. The minimum absolute atomic E-state index is 0.0675. The maximum absolute atomic E-state index is 12.7. The average molecular weight is 437 g/mol. The SMILES string of the molecule is O=C(O)c1ccccc1C(=O)N[C@H]1CO[C@H]2[C@@H]1OC[C@@H]2n1nnnc1Oc1ccccc1. The standard InChI is InChI=1S/C21H19N5O6/c27-19(13-8-4-5-9-14(13)20(28)29)22-15-10-30-18-16(11-31-17(15)18)26-21(23-24-25-26)32-12-6-2-1-3-7-12/h1-9,15-18H,10-11H2,(H,22,27)(H,28,29)/t15-,16-,17+,18+/m0/s1. The van der Waals surface area contributed by atoms with Gasteiger partial charge in [-0.3, -0.25) is 4.79 Å². The van der Waals surface area contributed by atoms with Crippen LogP contribution < -0.4 is 10.1 Å². The molecule has 2 N–H and O–H groups in total. The van der Waals surface area contributed by atoms with Gasteiger partial charge in [0.1, 0.15) is 24.0 Å². The van der Waals surface area contributed by atoms with E-state index in [0.717, 1.165) is 0 Å². The van der Waals surface area contributed by atoms with E-state index in [0.29, 0.717) is 5.75 Å². The second-order valence-corrected chi connectivity index (χ2v) is 7.42. The van der Waals surface area contributed by atoms with Crippen molar-refractivity contribution >= 4 is 11.9 Å². The second kappa shape index (κ2) is 8.36. The Morgan fingerprint density at radius 1 is 1.00 bits per heavy atom. The van der Waals surface area contributed by atoms with Crippen molar-refractivity contribution < 1.29 is 28.9 Å². The number of carbonyl (C=O) groups is 2. The number of benzene rings is 2. The van der Waals surface area contributed by atoms with Crippen molar-refractivity contribution in [1.29, 1.82) is 0 Å². The molecule has 2 fully saturated rings. The molecule has 1 aromatic heterocycles. The Labute approximate surface area is 181 Å². The number of rotatable bonds is 6. The summed E-state index contributed by atoms with van der Waals surface area (Å²) in [6, 6.07) is 14.6. The number of aromatic nitrogens is 4. The van der Waals surface area contributed by atoms with Gasteiger partial charge in [0.25, 0.3) is 5.91 Å². The molecule has 3 heterocycles. The molecule has 32 heavy (non-hydrogen) atoms. The van der Waals surface area contributed by atoms with Crippen LogP contribution in [0, 0.1) is 0 Å². The number of fused-ring (bicyclic) bond motifs is 1. The number of nitrogens with zero attached hydrogens (tertiary/aromatic N) is 4. The summed E-state index contributed by atoms with van der Waals surface area (Å²) < 4.78 is 19.1. The number of ether oxygens (including phenoxy) is 3. The summed E-state index contributed by atoms with van der Waals surface area (Å²) in [5, 5.41) is 23.9. The highest BCUT2D eigenvalue weighted by atomic mass is 16.6. The minimum atomic E-state index is -1.17. The molecule has 164 valence electrons. The molecule has 0 spiro atoms. The molecule has 5 rings (SSSR count). The van der Waals surface area contributed by atoms with E-state index < -0.39 is 30.1 Å². The lowest BCUT2D eigenvalue weighted by atomic mass is 10.0. The van der Waals surface area contributed by atoms with Gasteiger partial charge in [0.15, 0.2) is 0 Å². The molecule has 4 atom stereocenters. The summed E-state index contributed by atoms with van der Waals surface area (Å²) in [4.78, 5) is 24.2. The van der Waals surface area contributed by atoms with E-state index in [4.69, 9.17) is 14.2 Å². The van der Waals surface area contributed by atoms with Crippen LogP contribution in [0.4, 0.5) is 0 Å². The molecule has 0 aliphatic carbocycles. The lowest BCUT2D eigenvalue weighted by Crippen LogP contribution is -2.44. The Kier molecular flexibility index (Phi) is 5.25. The largest absolute Gasteiger partial charge is 0.478 e. The molecule has 0 saturated carbocycles. The molecule has 0 radical (unpaired) electrons. The van der Waals surface area contributed by atoms with Gasteiger partial charge in [-0.2, -0.15) is 4.68 Å². The third-order valence-electron chi connectivity index (χ3n) is 5.47. The molecule has 2 aromatic carbocycles.